The Morgan fingerprint density at radius 2 is 0.421 bits per heavy atom. The smallest absolute Gasteiger partial charge is 0.430 e. The molecule has 38 heavy (non-hydrogen) atoms. The van der Waals surface area contributed by atoms with Gasteiger partial charge in [-0.3, -0.25) is 0 Å². The van der Waals surface area contributed by atoms with E-state index in [-0.39, 0.29) is 0 Å². The zero-order chi connectivity index (χ0) is 28.4. The molecule has 4 aromatic carbocycles. The molecule has 0 aliphatic carbocycles. The molecule has 196 valence electrons. The van der Waals surface area contributed by atoms with Gasteiger partial charge in [-0.1, -0.05) is 121 Å². The maximum Gasteiger partial charge on any atom is 0.432 e. The first-order chi connectivity index (χ1) is 18.6. The molecule has 0 saturated carbocycles. The molecule has 0 heterocycles. The highest BCUT2D eigenvalue weighted by atomic mass is 16.4. The van der Waals surface area contributed by atoms with Gasteiger partial charge in [0.15, 0.2) is 0 Å². The molecule has 0 atom stereocenters. The van der Waals surface area contributed by atoms with Gasteiger partial charge in [0.25, 0.3) is 0 Å². The molecule has 4 rings (SSSR count). The van der Waals surface area contributed by atoms with Crippen LogP contribution < -0.4 is 0 Å². The molecule has 0 radical (unpaired) electrons. The topological polar surface area (TPSA) is 162 Å². The fourth-order valence-corrected chi connectivity index (χ4v) is 3.33. The summed E-state index contributed by atoms with van der Waals surface area (Å²) in [5.41, 5.74) is 7.40. The molecule has 0 aromatic heterocycles. The van der Waals surface area contributed by atoms with Gasteiger partial charge < -0.3 is 40.2 Å². The van der Waals surface area contributed by atoms with Gasteiger partial charge in [0.2, 0.25) is 0 Å². The second-order valence-electron chi connectivity index (χ2n) is 6.78. The Labute approximate surface area is 225 Å². The molecule has 0 aliphatic heterocycles. The molecule has 0 saturated heterocycles. The maximum absolute atomic E-state index is 7.12. The number of benzene rings is 4. The van der Waals surface area contributed by atoms with Crippen LogP contribution in [0.25, 0.3) is 11.1 Å². The molecule has 0 bridgehead atoms. The average Bonchev–Trinajstić information content (AvgIpc) is 2.95. The van der Waals surface area contributed by atoms with Crippen LogP contribution in [0.2, 0.25) is 0 Å². The van der Waals surface area contributed by atoms with E-state index in [2.05, 4.69) is 121 Å². The molecule has 8 nitrogen and oxygen atoms in total. The van der Waals surface area contributed by atoms with Crippen molar-refractivity contribution in [3.63, 3.8) is 0 Å². The first kappa shape index (κ1) is 34.6. The molecule has 0 fully saturated rings. The Morgan fingerprint density at radius 3 is 0.553 bits per heavy atom. The van der Waals surface area contributed by atoms with E-state index >= 15 is 0 Å². The van der Waals surface area contributed by atoms with Gasteiger partial charge in [-0.25, -0.2) is 0 Å². The summed E-state index contributed by atoms with van der Waals surface area (Å²) in [6, 6.07) is 42.6. The normalized spacial score (nSPS) is 8.53. The Morgan fingerprint density at radius 1 is 0.289 bits per heavy atom. The second kappa shape index (κ2) is 23.9. The monoisotopic (exact) mass is 516 g/mol. The van der Waals surface area contributed by atoms with Crippen molar-refractivity contribution in [2.75, 3.05) is 0 Å². The lowest BCUT2D eigenvalue weighted by Crippen LogP contribution is -1.97. The Bertz CT molecular complexity index is 915. The van der Waals surface area contributed by atoms with Gasteiger partial charge >= 0.3 is 30.7 Å². The minimum absolute atomic E-state index is 0.750. The van der Waals surface area contributed by atoms with Crippen LogP contribution in [-0.4, -0.2) is 70.9 Å². The first-order valence-electron chi connectivity index (χ1n) is 11.4. The van der Waals surface area contributed by atoms with Crippen LogP contribution >= 0.6 is 0 Å². The summed E-state index contributed by atoms with van der Waals surface area (Å²) < 4.78 is 0. The number of rotatable bonds is 4. The third kappa shape index (κ3) is 13.8. The zero-order valence-corrected chi connectivity index (χ0v) is 21.0. The van der Waals surface area contributed by atoms with Crippen LogP contribution in [0.5, 0.6) is 0 Å². The standard InChI is InChI=1S/C26H20.4BH3O2/c1-5-13-21(14-6-1)25(22-15-7-2-8-16-22)26(23-17-9-3-10-18-23)24-19-11-4-12-20-24;4*2-1-3/h1-20H;4*1-3H. The summed E-state index contributed by atoms with van der Waals surface area (Å²) in [7, 11) is -3.00. The van der Waals surface area contributed by atoms with Crippen LogP contribution in [0.1, 0.15) is 22.3 Å². The lowest BCUT2D eigenvalue weighted by atomic mass is 9.86. The predicted molar refractivity (Wildman–Crippen MR) is 157 cm³/mol. The van der Waals surface area contributed by atoms with Crippen LogP contribution in [0.4, 0.5) is 0 Å². The van der Waals surface area contributed by atoms with Crippen molar-refractivity contribution in [2.24, 2.45) is 0 Å². The molecule has 0 spiro atoms. The number of hydrogen-bond acceptors (Lipinski definition) is 8. The van der Waals surface area contributed by atoms with Crippen molar-refractivity contribution < 1.29 is 40.2 Å². The van der Waals surface area contributed by atoms with Gasteiger partial charge in [0, 0.05) is 0 Å². The van der Waals surface area contributed by atoms with E-state index in [1.165, 1.54) is 33.4 Å². The van der Waals surface area contributed by atoms with E-state index in [1.54, 1.807) is 0 Å². The number of hydrogen-bond donors (Lipinski definition) is 8. The van der Waals surface area contributed by atoms with Crippen LogP contribution in [0, 0.1) is 0 Å². The fourth-order valence-electron chi connectivity index (χ4n) is 3.33. The largest absolute Gasteiger partial charge is 0.432 e. The summed E-state index contributed by atoms with van der Waals surface area (Å²) in [6.45, 7) is 0. The summed E-state index contributed by atoms with van der Waals surface area (Å²) in [6.07, 6.45) is 0. The van der Waals surface area contributed by atoms with Crippen molar-refractivity contribution >= 4 is 41.9 Å². The molecule has 0 amide bonds. The van der Waals surface area contributed by atoms with Gasteiger partial charge in [0.05, 0.1) is 0 Å². The van der Waals surface area contributed by atoms with Crippen molar-refractivity contribution in [1.82, 2.24) is 0 Å². The van der Waals surface area contributed by atoms with E-state index in [0.717, 1.165) is 0 Å². The predicted octanol–water partition coefficient (Wildman–Crippen LogP) is -0.356. The maximum atomic E-state index is 7.12. The lowest BCUT2D eigenvalue weighted by Gasteiger charge is -2.18. The van der Waals surface area contributed by atoms with E-state index in [9.17, 15) is 0 Å². The summed E-state index contributed by atoms with van der Waals surface area (Å²) in [5, 5.41) is 57.0. The van der Waals surface area contributed by atoms with Gasteiger partial charge in [-0.2, -0.15) is 0 Å². The van der Waals surface area contributed by atoms with Crippen LogP contribution in [0.3, 0.4) is 0 Å². The second-order valence-corrected chi connectivity index (χ2v) is 6.78. The van der Waals surface area contributed by atoms with E-state index in [1.807, 2.05) is 0 Å². The van der Waals surface area contributed by atoms with E-state index < -0.39 is 30.7 Å². The third-order valence-electron chi connectivity index (χ3n) is 4.50. The minimum Gasteiger partial charge on any atom is -0.430 e. The Balaban J connectivity index is 0.000000979. The summed E-state index contributed by atoms with van der Waals surface area (Å²) >= 11 is 0. The molecule has 4 aromatic rings. The molecular formula is C26H32B4O8. The molecular weight excluding hydrogens is 484 g/mol. The van der Waals surface area contributed by atoms with E-state index in [4.69, 9.17) is 40.2 Å². The van der Waals surface area contributed by atoms with Crippen molar-refractivity contribution in [3.05, 3.63) is 144 Å². The van der Waals surface area contributed by atoms with E-state index in [0.29, 0.717) is 0 Å². The van der Waals surface area contributed by atoms with Crippen LogP contribution in [-0.2, 0) is 0 Å². The Kier molecular flexibility index (Phi) is 21.8. The van der Waals surface area contributed by atoms with Crippen LogP contribution in [0.15, 0.2) is 121 Å². The molecule has 12 heteroatoms. The zero-order valence-electron chi connectivity index (χ0n) is 21.0. The van der Waals surface area contributed by atoms with Crippen molar-refractivity contribution in [1.29, 1.82) is 0 Å². The van der Waals surface area contributed by atoms with Crippen molar-refractivity contribution in [2.45, 2.75) is 0 Å². The fraction of sp³-hybridized carbons (Fsp3) is 0. The van der Waals surface area contributed by atoms with Crippen molar-refractivity contribution in [3.8, 4) is 0 Å². The van der Waals surface area contributed by atoms with Gasteiger partial charge in [-0.15, -0.1) is 0 Å². The molecule has 0 unspecified atom stereocenters. The molecule has 0 aliphatic rings. The van der Waals surface area contributed by atoms with Gasteiger partial charge in [-0.05, 0) is 33.4 Å². The SMILES string of the molecule is OBO.OBO.OBO.OBO.c1ccc(C(=C(c2ccccc2)c2ccccc2)c2ccccc2)cc1. The third-order valence-corrected chi connectivity index (χ3v) is 4.50. The first-order valence-corrected chi connectivity index (χ1v) is 11.4. The highest BCUT2D eigenvalue weighted by Crippen LogP contribution is 2.36. The highest BCUT2D eigenvalue weighted by molar-refractivity contribution is 6.14. The lowest BCUT2D eigenvalue weighted by molar-refractivity contribution is 0.447. The highest BCUT2D eigenvalue weighted by Gasteiger charge is 2.15. The molecule has 8 N–H and O–H groups in total. The Hall–Kier alpha value is -3.44. The summed E-state index contributed by atoms with van der Waals surface area (Å²) in [5.74, 6) is 0. The van der Waals surface area contributed by atoms with Gasteiger partial charge in [0.1, 0.15) is 0 Å². The summed E-state index contributed by atoms with van der Waals surface area (Å²) in [4.78, 5) is 0. The minimum atomic E-state index is -0.750. The average molecular weight is 516 g/mol. The quantitative estimate of drug-likeness (QED) is 0.135.